The SMILES string of the molecule is c1csc(CNCC2Cc3ccccc3N2)c1. The van der Waals surface area contributed by atoms with Crippen molar-refractivity contribution in [3.05, 3.63) is 52.2 Å². The number of nitrogens with one attached hydrogen (secondary N) is 2. The first-order valence-corrected chi connectivity index (χ1v) is 6.87. The molecule has 0 radical (unpaired) electrons. The molecule has 0 aliphatic carbocycles. The minimum Gasteiger partial charge on any atom is -0.380 e. The molecule has 1 aromatic heterocycles. The van der Waals surface area contributed by atoms with Crippen molar-refractivity contribution in [2.45, 2.75) is 19.0 Å². The van der Waals surface area contributed by atoms with Gasteiger partial charge in [0.25, 0.3) is 0 Å². The number of anilines is 1. The van der Waals surface area contributed by atoms with Crippen molar-refractivity contribution in [3.8, 4) is 0 Å². The zero-order valence-electron chi connectivity index (χ0n) is 9.65. The van der Waals surface area contributed by atoms with Gasteiger partial charge in [-0.1, -0.05) is 24.3 Å². The van der Waals surface area contributed by atoms with Gasteiger partial charge in [0.15, 0.2) is 0 Å². The maximum Gasteiger partial charge on any atom is 0.0427 e. The Labute approximate surface area is 106 Å². The van der Waals surface area contributed by atoms with Crippen LogP contribution in [0.4, 0.5) is 5.69 Å². The van der Waals surface area contributed by atoms with E-state index < -0.39 is 0 Å². The molecule has 0 bridgehead atoms. The van der Waals surface area contributed by atoms with Crippen LogP contribution in [0, 0.1) is 0 Å². The van der Waals surface area contributed by atoms with E-state index in [0.717, 1.165) is 19.5 Å². The third-order valence-corrected chi connectivity index (χ3v) is 3.99. The molecule has 0 fully saturated rings. The molecular weight excluding hydrogens is 228 g/mol. The second-order valence-electron chi connectivity index (χ2n) is 4.41. The summed E-state index contributed by atoms with van der Waals surface area (Å²) in [6, 6.07) is 13.4. The Kier molecular flexibility index (Phi) is 3.12. The Hall–Kier alpha value is -1.32. The third-order valence-electron chi connectivity index (χ3n) is 3.11. The van der Waals surface area contributed by atoms with Crippen LogP contribution in [0.3, 0.4) is 0 Å². The molecule has 0 saturated heterocycles. The lowest BCUT2D eigenvalue weighted by Crippen LogP contribution is -2.30. The van der Waals surface area contributed by atoms with Gasteiger partial charge in [-0.2, -0.15) is 0 Å². The van der Waals surface area contributed by atoms with Crippen LogP contribution in [0.15, 0.2) is 41.8 Å². The zero-order chi connectivity index (χ0) is 11.5. The van der Waals surface area contributed by atoms with Gasteiger partial charge in [0, 0.05) is 29.7 Å². The molecule has 1 atom stereocenters. The van der Waals surface area contributed by atoms with Crippen LogP contribution in [0.2, 0.25) is 0 Å². The van der Waals surface area contributed by atoms with E-state index in [1.807, 2.05) is 11.3 Å². The molecule has 1 aliphatic rings. The van der Waals surface area contributed by atoms with Crippen molar-refractivity contribution < 1.29 is 0 Å². The van der Waals surface area contributed by atoms with E-state index in [2.05, 4.69) is 52.4 Å². The molecule has 17 heavy (non-hydrogen) atoms. The molecule has 0 saturated carbocycles. The molecule has 2 heterocycles. The van der Waals surface area contributed by atoms with E-state index in [1.165, 1.54) is 16.1 Å². The van der Waals surface area contributed by atoms with Crippen molar-refractivity contribution in [2.24, 2.45) is 0 Å². The highest BCUT2D eigenvalue weighted by Crippen LogP contribution is 2.24. The number of para-hydroxylation sites is 1. The summed E-state index contributed by atoms with van der Waals surface area (Å²) in [6.45, 7) is 2.00. The summed E-state index contributed by atoms with van der Waals surface area (Å²) in [4.78, 5) is 1.40. The molecule has 1 aromatic carbocycles. The lowest BCUT2D eigenvalue weighted by Gasteiger charge is -2.11. The topological polar surface area (TPSA) is 24.1 Å². The summed E-state index contributed by atoms with van der Waals surface area (Å²) in [5.41, 5.74) is 2.74. The van der Waals surface area contributed by atoms with Crippen molar-refractivity contribution in [1.82, 2.24) is 5.32 Å². The second-order valence-corrected chi connectivity index (χ2v) is 5.45. The van der Waals surface area contributed by atoms with Crippen molar-refractivity contribution in [1.29, 1.82) is 0 Å². The molecule has 1 unspecified atom stereocenters. The molecule has 0 amide bonds. The van der Waals surface area contributed by atoms with E-state index in [9.17, 15) is 0 Å². The van der Waals surface area contributed by atoms with Gasteiger partial charge in [-0.15, -0.1) is 11.3 Å². The predicted octanol–water partition coefficient (Wildman–Crippen LogP) is 2.87. The summed E-state index contributed by atoms with van der Waals surface area (Å²) >= 11 is 1.81. The van der Waals surface area contributed by atoms with E-state index in [1.54, 1.807) is 0 Å². The molecule has 2 nitrogen and oxygen atoms in total. The molecule has 3 rings (SSSR count). The van der Waals surface area contributed by atoms with Crippen LogP contribution in [0.25, 0.3) is 0 Å². The van der Waals surface area contributed by atoms with Gasteiger partial charge in [0.1, 0.15) is 0 Å². The molecule has 2 N–H and O–H groups in total. The predicted molar refractivity (Wildman–Crippen MR) is 73.6 cm³/mol. The Morgan fingerprint density at radius 3 is 3.00 bits per heavy atom. The van der Waals surface area contributed by atoms with Gasteiger partial charge in [-0.05, 0) is 29.5 Å². The van der Waals surface area contributed by atoms with Crippen molar-refractivity contribution in [2.75, 3.05) is 11.9 Å². The Bertz CT molecular complexity index is 454. The highest BCUT2D eigenvalue weighted by molar-refractivity contribution is 7.09. The highest BCUT2D eigenvalue weighted by Gasteiger charge is 2.18. The first-order chi connectivity index (χ1) is 8.42. The first kappa shape index (κ1) is 10.8. The quantitative estimate of drug-likeness (QED) is 0.864. The fourth-order valence-corrected chi connectivity index (χ4v) is 2.96. The number of hydrogen-bond donors (Lipinski definition) is 2. The van der Waals surface area contributed by atoms with Crippen LogP contribution in [-0.4, -0.2) is 12.6 Å². The summed E-state index contributed by atoms with van der Waals surface area (Å²) < 4.78 is 0. The number of fused-ring (bicyclic) bond motifs is 1. The van der Waals surface area contributed by atoms with Gasteiger partial charge < -0.3 is 10.6 Å². The maximum absolute atomic E-state index is 3.56. The second kappa shape index (κ2) is 4.90. The molecule has 3 heteroatoms. The molecule has 2 aromatic rings. The molecule has 88 valence electrons. The average molecular weight is 244 g/mol. The summed E-state index contributed by atoms with van der Waals surface area (Å²) in [7, 11) is 0. The first-order valence-electron chi connectivity index (χ1n) is 5.99. The van der Waals surface area contributed by atoms with E-state index in [4.69, 9.17) is 0 Å². The van der Waals surface area contributed by atoms with Crippen molar-refractivity contribution >= 4 is 17.0 Å². The number of benzene rings is 1. The summed E-state index contributed by atoms with van der Waals surface area (Å²) in [5, 5.41) is 9.19. The van der Waals surface area contributed by atoms with Gasteiger partial charge in [0.2, 0.25) is 0 Å². The number of hydrogen-bond acceptors (Lipinski definition) is 3. The Balaban J connectivity index is 1.49. The Morgan fingerprint density at radius 2 is 2.18 bits per heavy atom. The van der Waals surface area contributed by atoms with Crippen molar-refractivity contribution in [3.63, 3.8) is 0 Å². The van der Waals surface area contributed by atoms with E-state index in [-0.39, 0.29) is 0 Å². The molecular formula is C14H16N2S. The van der Waals surface area contributed by atoms with Crippen LogP contribution < -0.4 is 10.6 Å². The van der Waals surface area contributed by atoms with Gasteiger partial charge in [0.05, 0.1) is 0 Å². The smallest absolute Gasteiger partial charge is 0.0427 e. The fourth-order valence-electron chi connectivity index (χ4n) is 2.28. The van der Waals surface area contributed by atoms with E-state index >= 15 is 0 Å². The van der Waals surface area contributed by atoms with Crippen LogP contribution in [-0.2, 0) is 13.0 Å². The van der Waals surface area contributed by atoms with Gasteiger partial charge >= 0.3 is 0 Å². The van der Waals surface area contributed by atoms with Crippen LogP contribution in [0.5, 0.6) is 0 Å². The lowest BCUT2D eigenvalue weighted by atomic mass is 10.1. The highest BCUT2D eigenvalue weighted by atomic mass is 32.1. The maximum atomic E-state index is 3.56. The monoisotopic (exact) mass is 244 g/mol. The summed E-state index contributed by atoms with van der Waals surface area (Å²) in [6.07, 6.45) is 1.13. The minimum absolute atomic E-state index is 0.535. The average Bonchev–Trinajstić information content (AvgIpc) is 2.96. The number of thiophene rings is 1. The minimum atomic E-state index is 0.535. The lowest BCUT2D eigenvalue weighted by molar-refractivity contribution is 0.618. The number of rotatable bonds is 4. The molecule has 1 aliphatic heterocycles. The standard InChI is InChI=1S/C14H16N2S/c1-2-6-14-11(4-1)8-12(16-14)9-15-10-13-5-3-7-17-13/h1-7,12,15-16H,8-10H2. The Morgan fingerprint density at radius 1 is 1.24 bits per heavy atom. The van der Waals surface area contributed by atoms with Gasteiger partial charge in [-0.3, -0.25) is 0 Å². The largest absolute Gasteiger partial charge is 0.380 e. The third kappa shape index (κ3) is 2.51. The van der Waals surface area contributed by atoms with E-state index in [0.29, 0.717) is 6.04 Å². The van der Waals surface area contributed by atoms with Crippen LogP contribution >= 0.6 is 11.3 Å². The summed E-state index contributed by atoms with van der Waals surface area (Å²) in [5.74, 6) is 0. The van der Waals surface area contributed by atoms with Crippen LogP contribution in [0.1, 0.15) is 10.4 Å². The normalized spacial score (nSPS) is 17.8. The van der Waals surface area contributed by atoms with Gasteiger partial charge in [-0.25, -0.2) is 0 Å². The zero-order valence-corrected chi connectivity index (χ0v) is 10.5. The molecule has 0 spiro atoms. The fraction of sp³-hybridized carbons (Fsp3) is 0.286.